The van der Waals surface area contributed by atoms with Crippen LogP contribution in [0, 0.1) is 58.5 Å². The Bertz CT molecular complexity index is 2250. The molecule has 1 aliphatic heterocycles. The molecule has 420 valence electrons. The van der Waals surface area contributed by atoms with Gasteiger partial charge in [0.2, 0.25) is 29.1 Å². The molecule has 0 saturated carbocycles. The molecule has 0 aliphatic carbocycles. The van der Waals surface area contributed by atoms with E-state index in [-0.39, 0.29) is 35.8 Å². The molecule has 4 aromatic rings. The highest BCUT2D eigenvalue weighted by atomic mass is 19.2. The SMILES string of the molecule is C.C=C1CCC(=O)N1OC(C)(C)C.CC.CC(C)(C)C.CC(C)(C)Oc1c(F)c(F)c(F)c(F)c1F.CC(C)(C)Oc1ccccc1.Cc1ccc(OC(C)(C)C)c([N+](=O)[O-])c1.Cc1ccc(OC(C)(C)C)cc1. The van der Waals surface area contributed by atoms with E-state index in [4.69, 9.17) is 19.0 Å². The Morgan fingerprint density at radius 2 is 0.892 bits per heavy atom. The molecule has 0 radical (unpaired) electrons. The highest BCUT2D eigenvalue weighted by molar-refractivity contribution is 5.79. The Hall–Kier alpha value is -5.70. The summed E-state index contributed by atoms with van der Waals surface area (Å²) in [6, 6.07) is 22.9. The Balaban J connectivity index is -0.000000826. The first kappa shape index (κ1) is 72.5. The number of benzene rings is 4. The lowest BCUT2D eigenvalue weighted by Crippen LogP contribution is -2.33. The third kappa shape index (κ3) is 33.9. The van der Waals surface area contributed by atoms with Gasteiger partial charge in [0.05, 0.1) is 10.5 Å². The highest BCUT2D eigenvalue weighted by Gasteiger charge is 2.31. The number of hydroxylamine groups is 2. The topological polar surface area (TPSA) is 110 Å². The summed E-state index contributed by atoms with van der Waals surface area (Å²) in [4.78, 5) is 27.0. The number of rotatable bonds is 6. The minimum Gasteiger partial charge on any atom is -0.488 e. The van der Waals surface area contributed by atoms with E-state index in [1.165, 1.54) is 37.5 Å². The minimum absolute atomic E-state index is 0. The fourth-order valence-electron chi connectivity index (χ4n) is 4.99. The summed E-state index contributed by atoms with van der Waals surface area (Å²) >= 11 is 0. The second kappa shape index (κ2) is 31.2. The monoisotopic (exact) mass is 1050 g/mol. The molecule has 0 spiro atoms. The van der Waals surface area contributed by atoms with Crippen LogP contribution in [0.4, 0.5) is 27.6 Å². The number of hydrogen-bond acceptors (Lipinski definition) is 8. The zero-order chi connectivity index (χ0) is 57.7. The van der Waals surface area contributed by atoms with Crippen molar-refractivity contribution in [3.8, 4) is 23.0 Å². The Labute approximate surface area is 442 Å². The van der Waals surface area contributed by atoms with Gasteiger partial charge in [0.25, 0.3) is 5.91 Å². The van der Waals surface area contributed by atoms with Gasteiger partial charge < -0.3 is 18.9 Å². The van der Waals surface area contributed by atoms with Crippen LogP contribution in [-0.4, -0.2) is 43.9 Å². The number of halogens is 5. The number of amides is 1. The van der Waals surface area contributed by atoms with Crippen molar-refractivity contribution in [2.24, 2.45) is 5.41 Å². The lowest BCUT2D eigenvalue weighted by atomic mass is 10.0. The summed E-state index contributed by atoms with van der Waals surface area (Å²) in [5, 5.41) is 12.1. The summed E-state index contributed by atoms with van der Waals surface area (Å²) in [6.07, 6.45) is 1.24. The molecule has 15 heteroatoms. The van der Waals surface area contributed by atoms with Crippen LogP contribution in [0.25, 0.3) is 0 Å². The first-order valence-corrected chi connectivity index (χ1v) is 24.2. The van der Waals surface area contributed by atoms with Crippen molar-refractivity contribution in [1.82, 2.24) is 5.06 Å². The zero-order valence-electron chi connectivity index (χ0n) is 48.1. The van der Waals surface area contributed by atoms with E-state index in [1.807, 2.05) is 146 Å². The highest BCUT2D eigenvalue weighted by Crippen LogP contribution is 2.33. The van der Waals surface area contributed by atoms with Gasteiger partial charge in [-0.05, 0) is 165 Å². The summed E-state index contributed by atoms with van der Waals surface area (Å²) in [5.41, 5.74) is 1.36. The standard InChI is InChI=1S/C11H15NO3.C11H16O.C10H9F5O.C10H14O.C9H15NO2.C5H12.C2H6.CH4/c1-8-5-6-10(15-11(2,3)4)9(7-8)12(13)14;1-9-5-7-10(8-6-9)12-11(2,3)4;1-10(2,3)16-9-7(14)5(12)4(11)6(13)8(9)15;1-10(2,3)11-9-7-5-4-6-8-9;1-7-5-6-8(11)10(7)12-9(2,3)4;1-5(2,3)4;1-2;/h5-7H,1-4H3;5-8H,1-4H3;1-3H3;4-8H,1-3H3;1,5-6H2,2-4H3;1-4H3;1-2H3;1H4. The van der Waals surface area contributed by atoms with Crippen LogP contribution >= 0.6 is 0 Å². The first-order valence-electron chi connectivity index (χ1n) is 24.2. The van der Waals surface area contributed by atoms with Crippen LogP contribution in [-0.2, 0) is 9.63 Å². The number of para-hydroxylation sites is 1. The fraction of sp³-hybridized carbons (Fsp3) is 0.542. The summed E-state index contributed by atoms with van der Waals surface area (Å²) in [5.74, 6) is -9.23. The molecule has 0 N–H and O–H groups in total. The third-order valence-electron chi connectivity index (χ3n) is 7.42. The molecular formula is C59H91F5N2O8. The summed E-state index contributed by atoms with van der Waals surface area (Å²) < 4.78 is 85.7. The van der Waals surface area contributed by atoms with Gasteiger partial charge in [0, 0.05) is 18.2 Å². The number of nitro benzene ring substituents is 1. The first-order chi connectivity index (χ1) is 32.9. The third-order valence-corrected chi connectivity index (χ3v) is 7.42. The van der Waals surface area contributed by atoms with Crippen LogP contribution in [0.5, 0.6) is 23.0 Å². The van der Waals surface area contributed by atoms with Crippen LogP contribution in [0.2, 0.25) is 0 Å². The molecule has 0 atom stereocenters. The van der Waals surface area contributed by atoms with Gasteiger partial charge in [-0.15, -0.1) is 0 Å². The van der Waals surface area contributed by atoms with Crippen LogP contribution < -0.4 is 18.9 Å². The maximum absolute atomic E-state index is 13.1. The second-order valence-electron chi connectivity index (χ2n) is 23.1. The molecule has 4 aromatic carbocycles. The molecule has 10 nitrogen and oxygen atoms in total. The van der Waals surface area contributed by atoms with E-state index in [0.717, 1.165) is 29.2 Å². The number of aryl methyl sites for hydroxylation is 2. The summed E-state index contributed by atoms with van der Waals surface area (Å²) in [7, 11) is 0. The van der Waals surface area contributed by atoms with Gasteiger partial charge in [0.15, 0.2) is 11.5 Å². The van der Waals surface area contributed by atoms with Crippen LogP contribution in [0.15, 0.2) is 85.1 Å². The molecular weight excluding hydrogens is 960 g/mol. The van der Waals surface area contributed by atoms with E-state index < -0.39 is 51.0 Å². The number of carbonyl (C=O) groups is 1. The Morgan fingerprint density at radius 1 is 0.527 bits per heavy atom. The van der Waals surface area contributed by atoms with Crippen LogP contribution in [0.1, 0.15) is 177 Å². The van der Waals surface area contributed by atoms with E-state index in [1.54, 1.807) is 12.1 Å². The van der Waals surface area contributed by atoms with Crippen molar-refractivity contribution in [3.63, 3.8) is 0 Å². The molecule has 0 unspecified atom stereocenters. The van der Waals surface area contributed by atoms with E-state index >= 15 is 0 Å². The second-order valence-corrected chi connectivity index (χ2v) is 23.1. The lowest BCUT2D eigenvalue weighted by molar-refractivity contribution is -0.386. The molecule has 1 saturated heterocycles. The van der Waals surface area contributed by atoms with Crippen molar-refractivity contribution in [2.75, 3.05) is 0 Å². The molecule has 1 aliphatic rings. The Kier molecular flexibility index (Phi) is 30.6. The molecule has 0 aromatic heterocycles. The maximum Gasteiger partial charge on any atom is 0.311 e. The van der Waals surface area contributed by atoms with E-state index in [0.29, 0.717) is 17.6 Å². The van der Waals surface area contributed by atoms with Crippen molar-refractivity contribution in [2.45, 2.75) is 208 Å². The predicted octanol–water partition coefficient (Wildman–Crippen LogP) is 18.2. The molecule has 5 rings (SSSR count). The molecule has 0 bridgehead atoms. The van der Waals surface area contributed by atoms with Gasteiger partial charge in [-0.3, -0.25) is 19.7 Å². The number of nitro groups is 1. The average molecular weight is 1050 g/mol. The van der Waals surface area contributed by atoms with E-state index in [9.17, 15) is 36.9 Å². The number of ether oxygens (including phenoxy) is 4. The van der Waals surface area contributed by atoms with Gasteiger partial charge in [-0.2, -0.15) is 13.8 Å². The fourth-order valence-corrected chi connectivity index (χ4v) is 4.99. The Morgan fingerprint density at radius 3 is 1.23 bits per heavy atom. The summed E-state index contributed by atoms with van der Waals surface area (Å²) in [6.45, 7) is 48.2. The quantitative estimate of drug-likeness (QED) is 0.0617. The minimum atomic E-state index is -2.20. The van der Waals surface area contributed by atoms with Crippen LogP contribution in [0.3, 0.4) is 0 Å². The van der Waals surface area contributed by atoms with Gasteiger partial charge in [-0.1, -0.05) is 97.5 Å². The smallest absolute Gasteiger partial charge is 0.311 e. The zero-order valence-corrected chi connectivity index (χ0v) is 48.1. The maximum atomic E-state index is 13.1. The molecule has 1 amide bonds. The van der Waals surface area contributed by atoms with Gasteiger partial charge >= 0.3 is 5.69 Å². The van der Waals surface area contributed by atoms with E-state index in [2.05, 4.69) is 58.1 Å². The largest absolute Gasteiger partial charge is 0.488 e. The van der Waals surface area contributed by atoms with Crippen molar-refractivity contribution in [1.29, 1.82) is 0 Å². The van der Waals surface area contributed by atoms with Crippen molar-refractivity contribution >= 4 is 11.6 Å². The number of hydrogen-bond donors (Lipinski definition) is 0. The molecule has 74 heavy (non-hydrogen) atoms. The van der Waals surface area contributed by atoms with Crippen molar-refractivity contribution < 1.29 is 55.5 Å². The van der Waals surface area contributed by atoms with Gasteiger partial charge in [-0.25, -0.2) is 13.2 Å². The predicted molar refractivity (Wildman–Crippen MR) is 292 cm³/mol. The van der Waals surface area contributed by atoms with Crippen molar-refractivity contribution in [3.05, 3.63) is 135 Å². The molecule has 1 heterocycles. The number of allylic oxidation sites excluding steroid dienone is 1. The lowest BCUT2D eigenvalue weighted by Gasteiger charge is -2.26. The van der Waals surface area contributed by atoms with Gasteiger partial charge in [0.1, 0.15) is 33.9 Å². The average Bonchev–Trinajstić information content (AvgIpc) is 3.53. The normalized spacial score (nSPS) is 12.3. The number of carbonyl (C=O) groups excluding carboxylic acids is 1. The molecule has 1 fully saturated rings. The number of nitrogens with zero attached hydrogens (tertiary/aromatic N) is 2.